The van der Waals surface area contributed by atoms with Crippen molar-refractivity contribution in [2.45, 2.75) is 51.4 Å². The highest BCUT2D eigenvalue weighted by atomic mass is 127. The quantitative estimate of drug-likeness (QED) is 0.397. The summed E-state index contributed by atoms with van der Waals surface area (Å²) in [5.41, 5.74) is 1.37. The molecule has 0 spiro atoms. The van der Waals surface area contributed by atoms with Gasteiger partial charge < -0.3 is 4.43 Å². The summed E-state index contributed by atoms with van der Waals surface area (Å²) in [6.45, 7) is 11.6. The van der Waals surface area contributed by atoms with E-state index in [4.69, 9.17) is 4.43 Å². The number of rotatable bonds is 5. The Morgan fingerprint density at radius 1 is 1.17 bits per heavy atom. The zero-order valence-electron chi connectivity index (χ0n) is 12.2. The summed E-state index contributed by atoms with van der Waals surface area (Å²) in [6.07, 6.45) is 1.37. The number of benzene rings is 1. The van der Waals surface area contributed by atoms with E-state index in [-0.39, 0.29) is 5.04 Å². The summed E-state index contributed by atoms with van der Waals surface area (Å²) in [4.78, 5) is 0. The number of hydrogen-bond donors (Lipinski definition) is 0. The molecule has 0 heterocycles. The molecule has 0 amide bonds. The molecule has 0 saturated carbocycles. The maximum Gasteiger partial charge on any atom is 0.192 e. The van der Waals surface area contributed by atoms with Crippen LogP contribution < -0.4 is 0 Å². The van der Waals surface area contributed by atoms with Gasteiger partial charge in [-0.3, -0.25) is 0 Å². The van der Waals surface area contributed by atoms with Crippen LogP contribution in [0.25, 0.3) is 0 Å². The van der Waals surface area contributed by atoms with Gasteiger partial charge in [-0.25, -0.2) is 0 Å². The van der Waals surface area contributed by atoms with Crippen molar-refractivity contribution in [2.24, 2.45) is 0 Å². The number of alkyl halides is 1. The molecule has 1 aromatic rings. The standard InChI is InChI=1S/C15H25IOSi/c1-15(2,3)18(4,5)17-14(12-16)11-13-9-7-6-8-10-13/h6-10,14H,11-12H2,1-5H3/t14-/m0/s1. The fourth-order valence-corrected chi connectivity index (χ4v) is 3.78. The van der Waals surface area contributed by atoms with Crippen LogP contribution in [-0.4, -0.2) is 18.8 Å². The Bertz CT molecular complexity index is 357. The average Bonchev–Trinajstić information content (AvgIpc) is 2.27. The van der Waals surface area contributed by atoms with Gasteiger partial charge in [-0.1, -0.05) is 73.7 Å². The minimum Gasteiger partial charge on any atom is -0.413 e. The van der Waals surface area contributed by atoms with Crippen molar-refractivity contribution in [2.75, 3.05) is 4.43 Å². The lowest BCUT2D eigenvalue weighted by Gasteiger charge is -2.39. The zero-order valence-corrected chi connectivity index (χ0v) is 15.3. The Balaban J connectivity index is 2.69. The molecule has 18 heavy (non-hydrogen) atoms. The summed E-state index contributed by atoms with van der Waals surface area (Å²) in [5.74, 6) is 0. The van der Waals surface area contributed by atoms with E-state index in [0.29, 0.717) is 6.10 Å². The molecule has 1 atom stereocenters. The Kier molecular flexibility index (Phi) is 5.87. The van der Waals surface area contributed by atoms with Gasteiger partial charge in [-0.15, -0.1) is 0 Å². The van der Waals surface area contributed by atoms with Crippen LogP contribution in [0, 0.1) is 0 Å². The summed E-state index contributed by atoms with van der Waals surface area (Å²) in [5, 5.41) is 0.285. The van der Waals surface area contributed by atoms with Gasteiger partial charge in [-0.05, 0) is 30.1 Å². The van der Waals surface area contributed by atoms with Gasteiger partial charge in [0.15, 0.2) is 8.32 Å². The molecular weight excluding hydrogens is 351 g/mol. The zero-order chi connectivity index (χ0) is 13.8. The van der Waals surface area contributed by atoms with Crippen molar-refractivity contribution < 1.29 is 4.43 Å². The molecule has 0 aromatic heterocycles. The van der Waals surface area contributed by atoms with Crippen LogP contribution in [0.4, 0.5) is 0 Å². The van der Waals surface area contributed by atoms with Gasteiger partial charge in [0.25, 0.3) is 0 Å². The smallest absolute Gasteiger partial charge is 0.192 e. The third-order valence-electron chi connectivity index (χ3n) is 3.75. The topological polar surface area (TPSA) is 9.23 Å². The van der Waals surface area contributed by atoms with Crippen LogP contribution in [-0.2, 0) is 10.8 Å². The van der Waals surface area contributed by atoms with Crippen molar-refractivity contribution in [3.8, 4) is 0 Å². The first-order valence-corrected chi connectivity index (χ1v) is 11.0. The highest BCUT2D eigenvalue weighted by molar-refractivity contribution is 14.1. The molecule has 1 rings (SSSR count). The van der Waals surface area contributed by atoms with E-state index in [2.05, 4.69) is 86.8 Å². The fraction of sp³-hybridized carbons (Fsp3) is 0.600. The molecule has 0 unspecified atom stereocenters. The average molecular weight is 376 g/mol. The second-order valence-corrected chi connectivity index (χ2v) is 12.0. The molecule has 1 aromatic carbocycles. The van der Waals surface area contributed by atoms with Crippen LogP contribution in [0.3, 0.4) is 0 Å². The fourth-order valence-electron chi connectivity index (χ4n) is 1.60. The Labute approximate surface area is 127 Å². The lowest BCUT2D eigenvalue weighted by Crippen LogP contribution is -2.44. The minimum absolute atomic E-state index is 0.285. The van der Waals surface area contributed by atoms with Gasteiger partial charge in [0, 0.05) is 4.43 Å². The molecule has 0 bridgehead atoms. The van der Waals surface area contributed by atoms with E-state index in [1.807, 2.05) is 0 Å². The Morgan fingerprint density at radius 2 is 1.72 bits per heavy atom. The van der Waals surface area contributed by atoms with Gasteiger partial charge in [0.2, 0.25) is 0 Å². The third-order valence-corrected chi connectivity index (χ3v) is 9.26. The first kappa shape index (κ1) is 16.2. The Morgan fingerprint density at radius 3 is 2.17 bits per heavy atom. The molecule has 0 radical (unpaired) electrons. The first-order chi connectivity index (χ1) is 8.26. The van der Waals surface area contributed by atoms with Crippen LogP contribution in [0.1, 0.15) is 26.3 Å². The molecular formula is C15H25IOSi. The maximum atomic E-state index is 6.49. The lowest BCUT2D eigenvalue weighted by atomic mass is 10.1. The monoisotopic (exact) mass is 376 g/mol. The lowest BCUT2D eigenvalue weighted by molar-refractivity contribution is 0.206. The van der Waals surface area contributed by atoms with Gasteiger partial charge in [-0.2, -0.15) is 0 Å². The highest BCUT2D eigenvalue weighted by Gasteiger charge is 2.38. The molecule has 0 aliphatic heterocycles. The van der Waals surface area contributed by atoms with Crippen LogP contribution >= 0.6 is 22.6 Å². The second-order valence-electron chi connectivity index (χ2n) is 6.34. The largest absolute Gasteiger partial charge is 0.413 e. The highest BCUT2D eigenvalue weighted by Crippen LogP contribution is 2.37. The van der Waals surface area contributed by atoms with Gasteiger partial charge >= 0.3 is 0 Å². The van der Waals surface area contributed by atoms with Crippen molar-refractivity contribution >= 4 is 30.9 Å². The maximum absolute atomic E-state index is 6.49. The van der Waals surface area contributed by atoms with E-state index in [9.17, 15) is 0 Å². The van der Waals surface area contributed by atoms with Crippen LogP contribution in [0.2, 0.25) is 18.1 Å². The van der Waals surface area contributed by atoms with E-state index < -0.39 is 8.32 Å². The van der Waals surface area contributed by atoms with Crippen LogP contribution in [0.15, 0.2) is 30.3 Å². The van der Waals surface area contributed by atoms with E-state index in [1.54, 1.807) is 0 Å². The van der Waals surface area contributed by atoms with Crippen molar-refractivity contribution in [3.63, 3.8) is 0 Å². The summed E-state index contributed by atoms with van der Waals surface area (Å²) < 4.78 is 7.54. The predicted octanol–water partition coefficient (Wildman–Crippen LogP) is 5.05. The summed E-state index contributed by atoms with van der Waals surface area (Å²) in [7, 11) is -1.65. The molecule has 1 nitrogen and oxygen atoms in total. The number of hydrogen-bond acceptors (Lipinski definition) is 1. The number of halogens is 1. The third kappa shape index (κ3) is 4.66. The Hall–Kier alpha value is 0.127. The van der Waals surface area contributed by atoms with Crippen molar-refractivity contribution in [1.82, 2.24) is 0 Å². The molecule has 0 aliphatic carbocycles. The summed E-state index contributed by atoms with van der Waals surface area (Å²) in [6, 6.07) is 10.7. The normalized spacial score (nSPS) is 14.6. The minimum atomic E-state index is -1.65. The van der Waals surface area contributed by atoms with Gasteiger partial charge in [0.1, 0.15) is 0 Å². The summed E-state index contributed by atoms with van der Waals surface area (Å²) >= 11 is 2.44. The van der Waals surface area contributed by atoms with Crippen molar-refractivity contribution in [3.05, 3.63) is 35.9 Å². The first-order valence-electron chi connectivity index (χ1n) is 6.54. The second kappa shape index (κ2) is 6.53. The molecule has 0 aliphatic rings. The van der Waals surface area contributed by atoms with Gasteiger partial charge in [0.05, 0.1) is 6.10 Å². The predicted molar refractivity (Wildman–Crippen MR) is 91.1 cm³/mol. The SMILES string of the molecule is CC(C)(C)[Si](C)(C)O[C@H](CI)Cc1ccccc1. The van der Waals surface area contributed by atoms with E-state index >= 15 is 0 Å². The molecule has 102 valence electrons. The molecule has 3 heteroatoms. The molecule has 0 fully saturated rings. The van der Waals surface area contributed by atoms with Crippen LogP contribution in [0.5, 0.6) is 0 Å². The molecule has 0 saturated heterocycles. The van der Waals surface area contributed by atoms with E-state index in [1.165, 1.54) is 5.56 Å². The van der Waals surface area contributed by atoms with Crippen molar-refractivity contribution in [1.29, 1.82) is 0 Å². The molecule has 0 N–H and O–H groups in total. The van der Waals surface area contributed by atoms with E-state index in [0.717, 1.165) is 10.8 Å².